The first-order valence-electron chi connectivity index (χ1n) is 8.89. The van der Waals surface area contributed by atoms with Crippen LogP contribution in [0.15, 0.2) is 64.7 Å². The Labute approximate surface area is 158 Å². The van der Waals surface area contributed by atoms with E-state index < -0.39 is 5.92 Å². The van der Waals surface area contributed by atoms with Crippen molar-refractivity contribution in [3.05, 3.63) is 60.2 Å². The number of ether oxygens (including phenoxy) is 1. The van der Waals surface area contributed by atoms with Crippen LogP contribution in [0, 0.1) is 5.92 Å². The molecule has 1 N–H and O–H groups in total. The number of benzene rings is 2. The lowest BCUT2D eigenvalue weighted by Gasteiger charge is -2.14. The van der Waals surface area contributed by atoms with Gasteiger partial charge in [0, 0.05) is 18.9 Å². The fourth-order valence-corrected chi connectivity index (χ4v) is 2.99. The topological polar surface area (TPSA) is 74.5 Å². The Hall–Kier alpha value is -2.99. The minimum Gasteiger partial charge on any atom is -0.497 e. The monoisotopic (exact) mass is 365 g/mol. The van der Waals surface area contributed by atoms with E-state index in [4.69, 9.17) is 9.84 Å². The van der Waals surface area contributed by atoms with Crippen molar-refractivity contribution in [3.63, 3.8) is 0 Å². The molecule has 1 aliphatic rings. The molecule has 0 aromatic heterocycles. The number of methoxy groups -OCH3 is 1. The van der Waals surface area contributed by atoms with Crippen LogP contribution in [0.4, 0.5) is 5.69 Å². The summed E-state index contributed by atoms with van der Waals surface area (Å²) in [6.07, 6.45) is 0.565. The van der Waals surface area contributed by atoms with Gasteiger partial charge in [-0.2, -0.15) is 10.1 Å². The number of carbonyl (C=O) groups excluding carboxylic acids is 1. The van der Waals surface area contributed by atoms with Crippen LogP contribution in [0.2, 0.25) is 0 Å². The van der Waals surface area contributed by atoms with E-state index in [1.807, 2.05) is 61.5 Å². The second-order valence-corrected chi connectivity index (χ2v) is 6.23. The first kappa shape index (κ1) is 18.8. The Kier molecular flexibility index (Phi) is 5.98. The number of amides is 1. The summed E-state index contributed by atoms with van der Waals surface area (Å²) in [6.45, 7) is 2.39. The van der Waals surface area contributed by atoms with Crippen LogP contribution in [0.5, 0.6) is 5.75 Å². The molecule has 6 heteroatoms. The SMILES string of the molecule is COc1ccc(C2=NN(c3ccccc3)C(=O)C2C(C)=NCCCO)cc1. The Balaban J connectivity index is 1.99. The van der Waals surface area contributed by atoms with Crippen LogP contribution in [-0.4, -0.2) is 42.7 Å². The van der Waals surface area contributed by atoms with Gasteiger partial charge in [0.05, 0.1) is 18.5 Å². The maximum absolute atomic E-state index is 13.1. The average Bonchev–Trinajstić information content (AvgIpc) is 3.06. The highest BCUT2D eigenvalue weighted by Gasteiger charge is 2.39. The minimum absolute atomic E-state index is 0.0744. The predicted octanol–water partition coefficient (Wildman–Crippen LogP) is 2.91. The first-order chi connectivity index (χ1) is 13.2. The van der Waals surface area contributed by atoms with Gasteiger partial charge in [-0.15, -0.1) is 0 Å². The van der Waals surface area contributed by atoms with Crippen LogP contribution in [0.1, 0.15) is 18.9 Å². The molecule has 1 atom stereocenters. The van der Waals surface area contributed by atoms with Gasteiger partial charge in [0.2, 0.25) is 0 Å². The number of aliphatic hydroxyl groups is 1. The van der Waals surface area contributed by atoms with Crippen molar-refractivity contribution in [1.82, 2.24) is 0 Å². The van der Waals surface area contributed by atoms with Gasteiger partial charge >= 0.3 is 0 Å². The maximum atomic E-state index is 13.1. The molecule has 0 saturated heterocycles. The molecular weight excluding hydrogens is 342 g/mol. The molecule has 0 aliphatic carbocycles. The van der Waals surface area contributed by atoms with Gasteiger partial charge in [-0.25, -0.2) is 0 Å². The third kappa shape index (κ3) is 4.06. The number of hydrogen-bond acceptors (Lipinski definition) is 5. The van der Waals surface area contributed by atoms with Crippen LogP contribution in [0.3, 0.4) is 0 Å². The third-order valence-corrected chi connectivity index (χ3v) is 4.42. The summed E-state index contributed by atoms with van der Waals surface area (Å²) in [6, 6.07) is 16.9. The molecule has 2 aromatic rings. The lowest BCUT2D eigenvalue weighted by Crippen LogP contribution is -2.32. The zero-order chi connectivity index (χ0) is 19.2. The molecule has 2 aromatic carbocycles. The van der Waals surface area contributed by atoms with Crippen LogP contribution in [-0.2, 0) is 4.79 Å². The van der Waals surface area contributed by atoms with Crippen molar-refractivity contribution in [2.24, 2.45) is 16.0 Å². The number of para-hydroxylation sites is 1. The van der Waals surface area contributed by atoms with E-state index in [1.165, 1.54) is 5.01 Å². The van der Waals surface area contributed by atoms with Gasteiger partial charge in [-0.3, -0.25) is 9.79 Å². The van der Waals surface area contributed by atoms with Crippen molar-refractivity contribution >= 4 is 23.0 Å². The molecule has 0 radical (unpaired) electrons. The minimum atomic E-state index is -0.544. The fourth-order valence-electron chi connectivity index (χ4n) is 2.99. The van der Waals surface area contributed by atoms with Gasteiger partial charge in [-0.05, 0) is 55.3 Å². The quantitative estimate of drug-likeness (QED) is 0.606. The Morgan fingerprint density at radius 2 is 1.89 bits per heavy atom. The van der Waals surface area contributed by atoms with E-state index >= 15 is 0 Å². The van der Waals surface area contributed by atoms with E-state index in [2.05, 4.69) is 10.1 Å². The van der Waals surface area contributed by atoms with Crippen molar-refractivity contribution in [2.75, 3.05) is 25.3 Å². The van der Waals surface area contributed by atoms with Crippen molar-refractivity contribution in [3.8, 4) is 5.75 Å². The molecule has 1 amide bonds. The normalized spacial score (nSPS) is 17.2. The summed E-state index contributed by atoms with van der Waals surface area (Å²) >= 11 is 0. The molecule has 1 unspecified atom stereocenters. The summed E-state index contributed by atoms with van der Waals surface area (Å²) in [5.41, 5.74) is 2.93. The number of carbonyl (C=O) groups is 1. The highest BCUT2D eigenvalue weighted by Crippen LogP contribution is 2.28. The molecule has 1 heterocycles. The van der Waals surface area contributed by atoms with Crippen LogP contribution in [0.25, 0.3) is 0 Å². The Bertz CT molecular complexity index is 845. The van der Waals surface area contributed by atoms with Gasteiger partial charge in [-0.1, -0.05) is 18.2 Å². The Morgan fingerprint density at radius 3 is 2.52 bits per heavy atom. The van der Waals surface area contributed by atoms with Crippen molar-refractivity contribution < 1.29 is 14.6 Å². The maximum Gasteiger partial charge on any atom is 0.262 e. The summed E-state index contributed by atoms with van der Waals surface area (Å²) in [4.78, 5) is 17.6. The lowest BCUT2D eigenvalue weighted by atomic mass is 9.93. The van der Waals surface area contributed by atoms with Gasteiger partial charge < -0.3 is 9.84 Å². The van der Waals surface area contributed by atoms with Gasteiger partial charge in [0.1, 0.15) is 11.7 Å². The standard InChI is InChI=1S/C21H23N3O3/c1-15(22-13-6-14-25)19-20(16-9-11-18(27-2)12-10-16)23-24(21(19)26)17-7-4-3-5-8-17/h3-5,7-12,19,25H,6,13-14H2,1-2H3. The highest BCUT2D eigenvalue weighted by molar-refractivity contribution is 6.32. The average molecular weight is 365 g/mol. The number of hydrogen-bond donors (Lipinski definition) is 1. The van der Waals surface area contributed by atoms with Crippen molar-refractivity contribution in [1.29, 1.82) is 0 Å². The molecule has 0 spiro atoms. The summed E-state index contributed by atoms with van der Waals surface area (Å²) in [5, 5.41) is 15.1. The smallest absolute Gasteiger partial charge is 0.262 e. The lowest BCUT2D eigenvalue weighted by molar-refractivity contribution is -0.118. The zero-order valence-corrected chi connectivity index (χ0v) is 15.5. The molecular formula is C21H23N3O3. The predicted molar refractivity (Wildman–Crippen MR) is 107 cm³/mol. The molecule has 0 bridgehead atoms. The number of rotatable bonds is 7. The number of anilines is 1. The molecule has 3 rings (SSSR count). The second kappa shape index (κ2) is 8.60. The molecule has 0 fully saturated rings. The highest BCUT2D eigenvalue weighted by atomic mass is 16.5. The molecule has 1 aliphatic heterocycles. The summed E-state index contributed by atoms with van der Waals surface area (Å²) in [7, 11) is 1.61. The number of hydrazone groups is 1. The second-order valence-electron chi connectivity index (χ2n) is 6.23. The molecule has 27 heavy (non-hydrogen) atoms. The third-order valence-electron chi connectivity index (χ3n) is 4.42. The largest absolute Gasteiger partial charge is 0.497 e. The molecule has 0 saturated carbocycles. The van der Waals surface area contributed by atoms with Crippen LogP contribution < -0.4 is 9.75 Å². The van der Waals surface area contributed by atoms with E-state index in [1.54, 1.807) is 7.11 Å². The van der Waals surface area contributed by atoms with E-state index in [9.17, 15) is 4.79 Å². The van der Waals surface area contributed by atoms with Crippen molar-refractivity contribution in [2.45, 2.75) is 13.3 Å². The number of aliphatic imine (C=N–C) groups is 1. The van der Waals surface area contributed by atoms with E-state index in [0.717, 1.165) is 17.0 Å². The first-order valence-corrected chi connectivity index (χ1v) is 8.89. The van der Waals surface area contributed by atoms with Gasteiger partial charge in [0.15, 0.2) is 0 Å². The van der Waals surface area contributed by atoms with Gasteiger partial charge in [0.25, 0.3) is 5.91 Å². The zero-order valence-electron chi connectivity index (χ0n) is 15.5. The molecule has 6 nitrogen and oxygen atoms in total. The fraction of sp³-hybridized carbons (Fsp3) is 0.286. The number of aliphatic hydroxyl groups excluding tert-OH is 1. The number of nitrogens with zero attached hydrogens (tertiary/aromatic N) is 3. The Morgan fingerprint density at radius 1 is 1.19 bits per heavy atom. The van der Waals surface area contributed by atoms with Crippen LogP contribution >= 0.6 is 0 Å². The van der Waals surface area contributed by atoms with E-state index in [-0.39, 0.29) is 12.5 Å². The van der Waals surface area contributed by atoms with E-state index in [0.29, 0.717) is 24.4 Å². The summed E-state index contributed by atoms with van der Waals surface area (Å²) in [5.74, 6) is 0.0723. The summed E-state index contributed by atoms with van der Waals surface area (Å²) < 4.78 is 5.22. The molecule has 140 valence electrons.